The molecule has 0 aliphatic carbocycles. The summed E-state index contributed by atoms with van der Waals surface area (Å²) in [4.78, 5) is 2.37. The minimum Gasteiger partial charge on any atom is -0.316 e. The van der Waals surface area contributed by atoms with Crippen LogP contribution in [-0.2, 0) is 0 Å². The molecule has 1 aliphatic rings. The van der Waals surface area contributed by atoms with Crippen molar-refractivity contribution in [3.63, 3.8) is 0 Å². The number of nitrogens with one attached hydrogen (secondary N) is 1. The van der Waals surface area contributed by atoms with Gasteiger partial charge in [0.15, 0.2) is 0 Å². The summed E-state index contributed by atoms with van der Waals surface area (Å²) in [5, 5.41) is 3.27. The van der Waals surface area contributed by atoms with Gasteiger partial charge in [0.2, 0.25) is 0 Å². The van der Waals surface area contributed by atoms with Gasteiger partial charge in [-0.25, -0.2) is 0 Å². The number of hydrogen-bond donors (Lipinski definition) is 1. The summed E-state index contributed by atoms with van der Waals surface area (Å²) >= 11 is 0. The molecule has 0 amide bonds. The molecule has 1 rings (SSSR count). The zero-order valence-corrected chi connectivity index (χ0v) is 7.84. The number of terminal acetylenes is 1. The smallest absolute Gasteiger partial charge is 0.0599 e. The molecule has 0 aromatic heterocycles. The molecule has 0 bridgehead atoms. The Morgan fingerprint density at radius 3 is 2.75 bits per heavy atom. The van der Waals surface area contributed by atoms with Gasteiger partial charge in [-0.05, 0) is 18.9 Å². The Balaban J connectivity index is 2.17. The highest BCUT2D eigenvalue weighted by molar-refractivity contribution is 4.89. The Bertz CT molecular complexity index is 156. The molecule has 0 atom stereocenters. The van der Waals surface area contributed by atoms with Crippen LogP contribution in [0.2, 0.25) is 0 Å². The zero-order valence-electron chi connectivity index (χ0n) is 7.84. The minimum absolute atomic E-state index is 0.810. The van der Waals surface area contributed by atoms with Crippen molar-refractivity contribution in [2.24, 2.45) is 5.92 Å². The second kappa shape index (κ2) is 5.18. The molecule has 1 N–H and O–H groups in total. The first-order chi connectivity index (χ1) is 5.86. The largest absolute Gasteiger partial charge is 0.316 e. The van der Waals surface area contributed by atoms with Crippen molar-refractivity contribution in [1.29, 1.82) is 0 Å². The van der Waals surface area contributed by atoms with Crippen LogP contribution in [0.25, 0.3) is 0 Å². The Labute approximate surface area is 75.3 Å². The van der Waals surface area contributed by atoms with Gasteiger partial charge in [-0.15, -0.1) is 6.42 Å². The van der Waals surface area contributed by atoms with E-state index in [2.05, 4.69) is 23.1 Å². The molecule has 0 aromatic carbocycles. The molecule has 12 heavy (non-hydrogen) atoms. The Kier molecular flexibility index (Phi) is 4.13. The average molecular weight is 166 g/mol. The van der Waals surface area contributed by atoms with Crippen LogP contribution >= 0.6 is 0 Å². The van der Waals surface area contributed by atoms with Gasteiger partial charge >= 0.3 is 0 Å². The van der Waals surface area contributed by atoms with Gasteiger partial charge in [0.1, 0.15) is 0 Å². The van der Waals surface area contributed by atoms with Crippen molar-refractivity contribution in [2.45, 2.75) is 13.3 Å². The first-order valence-electron chi connectivity index (χ1n) is 4.73. The van der Waals surface area contributed by atoms with Gasteiger partial charge in [0.25, 0.3) is 0 Å². The number of nitrogens with zero attached hydrogens (tertiary/aromatic N) is 1. The first kappa shape index (κ1) is 9.57. The summed E-state index contributed by atoms with van der Waals surface area (Å²) in [5.41, 5.74) is 0. The first-order valence-corrected chi connectivity index (χ1v) is 4.73. The van der Waals surface area contributed by atoms with E-state index in [0.717, 1.165) is 19.0 Å². The lowest BCUT2D eigenvalue weighted by atomic mass is 10.0. The molecule has 0 saturated carbocycles. The average Bonchev–Trinajstić information content (AvgIpc) is 1.97. The Morgan fingerprint density at radius 2 is 2.33 bits per heavy atom. The maximum atomic E-state index is 5.29. The molecule has 1 fully saturated rings. The summed E-state index contributed by atoms with van der Waals surface area (Å²) in [6.45, 7) is 7.66. The van der Waals surface area contributed by atoms with Crippen molar-refractivity contribution in [2.75, 3.05) is 32.7 Å². The predicted octanol–water partition coefficient (Wildman–Crippen LogP) is 0.551. The molecule has 0 spiro atoms. The number of rotatable bonds is 5. The summed E-state index contributed by atoms with van der Waals surface area (Å²) < 4.78 is 0. The van der Waals surface area contributed by atoms with Crippen molar-refractivity contribution in [3.8, 4) is 12.3 Å². The van der Waals surface area contributed by atoms with Crippen molar-refractivity contribution >= 4 is 0 Å². The van der Waals surface area contributed by atoms with Crippen LogP contribution in [0.1, 0.15) is 13.3 Å². The molecular formula is C10H18N2. The monoisotopic (exact) mass is 166 g/mol. The fraction of sp³-hybridized carbons (Fsp3) is 0.800. The van der Waals surface area contributed by atoms with Crippen LogP contribution in [0.4, 0.5) is 0 Å². The van der Waals surface area contributed by atoms with Crippen molar-refractivity contribution in [3.05, 3.63) is 0 Å². The molecule has 2 nitrogen and oxygen atoms in total. The van der Waals surface area contributed by atoms with Crippen LogP contribution in [-0.4, -0.2) is 37.6 Å². The molecule has 0 radical (unpaired) electrons. The summed E-state index contributed by atoms with van der Waals surface area (Å²) in [6, 6.07) is 0. The third kappa shape index (κ3) is 2.84. The Hall–Kier alpha value is -0.520. The van der Waals surface area contributed by atoms with Crippen LogP contribution < -0.4 is 5.32 Å². The molecule has 1 heterocycles. The molecule has 68 valence electrons. The van der Waals surface area contributed by atoms with E-state index in [1.54, 1.807) is 0 Å². The van der Waals surface area contributed by atoms with E-state index in [9.17, 15) is 0 Å². The molecule has 0 aromatic rings. The standard InChI is InChI=1S/C10H18N2/c1-3-5-12(6-4-2)9-10-7-11-8-10/h1,10-11H,4-9H2,2H3. The summed E-state index contributed by atoms with van der Waals surface area (Å²) in [6.07, 6.45) is 6.48. The fourth-order valence-electron chi connectivity index (χ4n) is 1.52. The van der Waals surface area contributed by atoms with E-state index in [-0.39, 0.29) is 0 Å². The van der Waals surface area contributed by atoms with Gasteiger partial charge in [-0.3, -0.25) is 4.90 Å². The summed E-state index contributed by atoms with van der Waals surface area (Å²) in [7, 11) is 0. The van der Waals surface area contributed by atoms with E-state index >= 15 is 0 Å². The van der Waals surface area contributed by atoms with Crippen LogP contribution in [0.15, 0.2) is 0 Å². The van der Waals surface area contributed by atoms with Gasteiger partial charge in [0.05, 0.1) is 6.54 Å². The SMILES string of the molecule is C#CCN(CCC)CC1CNC1. The molecule has 1 saturated heterocycles. The van der Waals surface area contributed by atoms with Crippen molar-refractivity contribution in [1.82, 2.24) is 10.2 Å². The van der Waals surface area contributed by atoms with Crippen LogP contribution in [0.3, 0.4) is 0 Å². The maximum absolute atomic E-state index is 5.29. The highest BCUT2D eigenvalue weighted by Gasteiger charge is 2.18. The van der Waals surface area contributed by atoms with Gasteiger partial charge in [-0.1, -0.05) is 12.8 Å². The minimum atomic E-state index is 0.810. The van der Waals surface area contributed by atoms with E-state index in [4.69, 9.17) is 6.42 Å². The lowest BCUT2D eigenvalue weighted by Crippen LogP contribution is -2.48. The zero-order chi connectivity index (χ0) is 8.81. The van der Waals surface area contributed by atoms with Crippen LogP contribution in [0.5, 0.6) is 0 Å². The molecule has 1 aliphatic heterocycles. The lowest BCUT2D eigenvalue weighted by Gasteiger charge is -2.32. The van der Waals surface area contributed by atoms with Crippen molar-refractivity contribution < 1.29 is 0 Å². The third-order valence-corrected chi connectivity index (χ3v) is 2.24. The van der Waals surface area contributed by atoms with Gasteiger partial charge < -0.3 is 5.32 Å². The normalized spacial score (nSPS) is 17.4. The summed E-state index contributed by atoms with van der Waals surface area (Å²) in [5.74, 6) is 3.55. The highest BCUT2D eigenvalue weighted by Crippen LogP contribution is 2.05. The predicted molar refractivity (Wildman–Crippen MR) is 51.9 cm³/mol. The molecule has 2 heteroatoms. The maximum Gasteiger partial charge on any atom is 0.0599 e. The van der Waals surface area contributed by atoms with Crippen LogP contribution in [0, 0.1) is 18.3 Å². The van der Waals surface area contributed by atoms with E-state index in [0.29, 0.717) is 0 Å². The highest BCUT2D eigenvalue weighted by atomic mass is 15.1. The molecular weight excluding hydrogens is 148 g/mol. The topological polar surface area (TPSA) is 15.3 Å². The molecule has 0 unspecified atom stereocenters. The second-order valence-electron chi connectivity index (χ2n) is 3.46. The van der Waals surface area contributed by atoms with E-state index in [1.165, 1.54) is 26.1 Å². The third-order valence-electron chi connectivity index (χ3n) is 2.24. The lowest BCUT2D eigenvalue weighted by molar-refractivity contribution is 0.210. The second-order valence-corrected chi connectivity index (χ2v) is 3.46. The van der Waals surface area contributed by atoms with E-state index < -0.39 is 0 Å². The van der Waals surface area contributed by atoms with Gasteiger partial charge in [-0.2, -0.15) is 0 Å². The fourth-order valence-corrected chi connectivity index (χ4v) is 1.52. The van der Waals surface area contributed by atoms with E-state index in [1.807, 2.05) is 0 Å². The van der Waals surface area contributed by atoms with Gasteiger partial charge in [0, 0.05) is 19.6 Å². The Morgan fingerprint density at radius 1 is 1.58 bits per heavy atom. The number of hydrogen-bond acceptors (Lipinski definition) is 2. The quantitative estimate of drug-likeness (QED) is 0.600.